The van der Waals surface area contributed by atoms with Crippen LogP contribution in [0.1, 0.15) is 29.1 Å². The van der Waals surface area contributed by atoms with E-state index in [1.165, 1.54) is 17.8 Å². The van der Waals surface area contributed by atoms with E-state index in [2.05, 4.69) is 4.98 Å². The first-order valence-corrected chi connectivity index (χ1v) is 7.29. The Labute approximate surface area is 114 Å². The van der Waals surface area contributed by atoms with Crippen LogP contribution in [0.15, 0.2) is 18.2 Å². The monoisotopic (exact) mass is 280 g/mol. The van der Waals surface area contributed by atoms with E-state index in [9.17, 15) is 4.79 Å². The van der Waals surface area contributed by atoms with Gasteiger partial charge in [-0.3, -0.25) is 4.79 Å². The van der Waals surface area contributed by atoms with E-state index in [4.69, 9.17) is 11.6 Å². The van der Waals surface area contributed by atoms with Crippen molar-refractivity contribution in [3.8, 4) is 0 Å². The third-order valence-electron chi connectivity index (χ3n) is 3.18. The summed E-state index contributed by atoms with van der Waals surface area (Å²) >= 11 is 7.37. The maximum Gasteiger partial charge on any atom is 0.282 e. The summed E-state index contributed by atoms with van der Waals surface area (Å²) in [5.41, 5.74) is 0.813. The second-order valence-corrected chi connectivity index (χ2v) is 5.95. The number of halogens is 1. The van der Waals surface area contributed by atoms with Crippen molar-refractivity contribution < 1.29 is 4.79 Å². The molecular formula is C13H13ClN2OS. The second kappa shape index (κ2) is 4.86. The molecule has 1 fully saturated rings. The summed E-state index contributed by atoms with van der Waals surface area (Å²) < 4.78 is 1.01. The van der Waals surface area contributed by atoms with Crippen LogP contribution in [0.5, 0.6) is 0 Å². The molecule has 0 bridgehead atoms. The smallest absolute Gasteiger partial charge is 0.282 e. The molecule has 1 aliphatic heterocycles. The van der Waals surface area contributed by atoms with Gasteiger partial charge in [0.1, 0.15) is 0 Å². The molecule has 5 heteroatoms. The Morgan fingerprint density at radius 1 is 1.28 bits per heavy atom. The van der Waals surface area contributed by atoms with Gasteiger partial charge in [-0.1, -0.05) is 11.6 Å². The minimum absolute atomic E-state index is 0.0621. The zero-order valence-corrected chi connectivity index (χ0v) is 11.4. The Morgan fingerprint density at radius 2 is 2.06 bits per heavy atom. The molecule has 0 spiro atoms. The van der Waals surface area contributed by atoms with Crippen molar-refractivity contribution in [2.75, 3.05) is 13.1 Å². The van der Waals surface area contributed by atoms with Gasteiger partial charge in [-0.2, -0.15) is 0 Å². The van der Waals surface area contributed by atoms with Gasteiger partial charge < -0.3 is 4.90 Å². The molecule has 0 aliphatic carbocycles. The molecule has 0 unspecified atom stereocenters. The fourth-order valence-electron chi connectivity index (χ4n) is 2.22. The SMILES string of the molecule is O=C(c1nc2cc(Cl)ccc2s1)N1CCCCC1. The molecule has 1 aliphatic rings. The Hall–Kier alpha value is -1.13. The fraction of sp³-hybridized carbons (Fsp3) is 0.385. The van der Waals surface area contributed by atoms with E-state index < -0.39 is 0 Å². The summed E-state index contributed by atoms with van der Waals surface area (Å²) in [6.45, 7) is 1.71. The van der Waals surface area contributed by atoms with Crippen LogP contribution in [0.3, 0.4) is 0 Å². The molecule has 0 atom stereocenters. The van der Waals surface area contributed by atoms with Gasteiger partial charge in [-0.05, 0) is 37.5 Å². The number of hydrogen-bond acceptors (Lipinski definition) is 3. The molecule has 0 N–H and O–H groups in total. The van der Waals surface area contributed by atoms with Crippen LogP contribution in [0.2, 0.25) is 5.02 Å². The highest BCUT2D eigenvalue weighted by atomic mass is 35.5. The van der Waals surface area contributed by atoms with Crippen LogP contribution in [-0.4, -0.2) is 28.9 Å². The molecule has 1 aromatic heterocycles. The van der Waals surface area contributed by atoms with Crippen molar-refractivity contribution in [3.05, 3.63) is 28.2 Å². The number of likely N-dealkylation sites (tertiary alicyclic amines) is 1. The predicted octanol–water partition coefficient (Wildman–Crippen LogP) is 3.58. The fourth-order valence-corrected chi connectivity index (χ4v) is 3.30. The minimum atomic E-state index is 0.0621. The average Bonchev–Trinajstić information content (AvgIpc) is 2.81. The number of amides is 1. The van der Waals surface area contributed by atoms with Gasteiger partial charge in [0.25, 0.3) is 5.91 Å². The van der Waals surface area contributed by atoms with Gasteiger partial charge in [0.2, 0.25) is 0 Å². The van der Waals surface area contributed by atoms with E-state index >= 15 is 0 Å². The lowest BCUT2D eigenvalue weighted by Gasteiger charge is -2.25. The molecule has 3 nitrogen and oxygen atoms in total. The second-order valence-electron chi connectivity index (χ2n) is 4.48. The number of fused-ring (bicyclic) bond motifs is 1. The van der Waals surface area contributed by atoms with Crippen LogP contribution >= 0.6 is 22.9 Å². The lowest BCUT2D eigenvalue weighted by atomic mass is 10.1. The highest BCUT2D eigenvalue weighted by Gasteiger charge is 2.21. The summed E-state index contributed by atoms with van der Waals surface area (Å²) in [7, 11) is 0. The summed E-state index contributed by atoms with van der Waals surface area (Å²) in [5.74, 6) is 0.0621. The van der Waals surface area contributed by atoms with Crippen molar-refractivity contribution in [3.63, 3.8) is 0 Å². The number of hydrogen-bond donors (Lipinski definition) is 0. The summed E-state index contributed by atoms with van der Waals surface area (Å²) in [6.07, 6.45) is 3.42. The largest absolute Gasteiger partial charge is 0.337 e. The topological polar surface area (TPSA) is 33.2 Å². The maximum absolute atomic E-state index is 12.3. The van der Waals surface area contributed by atoms with Crippen LogP contribution < -0.4 is 0 Å². The van der Waals surface area contributed by atoms with Gasteiger partial charge in [-0.25, -0.2) is 4.98 Å². The minimum Gasteiger partial charge on any atom is -0.337 e. The van der Waals surface area contributed by atoms with E-state index in [1.807, 2.05) is 17.0 Å². The molecule has 18 heavy (non-hydrogen) atoms. The van der Waals surface area contributed by atoms with Crippen molar-refractivity contribution in [1.82, 2.24) is 9.88 Å². The van der Waals surface area contributed by atoms with Crippen LogP contribution in [0.25, 0.3) is 10.2 Å². The third kappa shape index (κ3) is 2.22. The number of carbonyl (C=O) groups is 1. The molecule has 0 radical (unpaired) electrons. The third-order valence-corrected chi connectivity index (χ3v) is 4.44. The maximum atomic E-state index is 12.3. The molecule has 1 amide bonds. The lowest BCUT2D eigenvalue weighted by molar-refractivity contribution is 0.0724. The number of carbonyl (C=O) groups excluding carboxylic acids is 1. The van der Waals surface area contributed by atoms with Gasteiger partial charge in [0.05, 0.1) is 10.2 Å². The first kappa shape index (κ1) is 11.9. The van der Waals surface area contributed by atoms with Crippen LogP contribution in [-0.2, 0) is 0 Å². The number of piperidine rings is 1. The first-order valence-electron chi connectivity index (χ1n) is 6.09. The zero-order valence-electron chi connectivity index (χ0n) is 9.86. The van der Waals surface area contributed by atoms with Gasteiger partial charge in [-0.15, -0.1) is 11.3 Å². The van der Waals surface area contributed by atoms with E-state index in [-0.39, 0.29) is 5.91 Å². The Balaban J connectivity index is 1.91. The number of aromatic nitrogens is 1. The Bertz CT molecular complexity index is 590. The van der Waals surface area contributed by atoms with Crippen LogP contribution in [0.4, 0.5) is 0 Å². The van der Waals surface area contributed by atoms with E-state index in [0.717, 1.165) is 36.1 Å². The number of benzene rings is 1. The summed E-state index contributed by atoms with van der Waals surface area (Å²) in [5, 5.41) is 1.24. The van der Waals surface area contributed by atoms with Crippen molar-refractivity contribution in [1.29, 1.82) is 0 Å². The molecule has 2 aromatic rings. The van der Waals surface area contributed by atoms with Gasteiger partial charge >= 0.3 is 0 Å². The molecular weight excluding hydrogens is 268 g/mol. The van der Waals surface area contributed by atoms with Crippen LogP contribution in [0, 0.1) is 0 Å². The molecule has 94 valence electrons. The van der Waals surface area contributed by atoms with E-state index in [1.54, 1.807) is 6.07 Å². The van der Waals surface area contributed by atoms with Crippen molar-refractivity contribution in [2.45, 2.75) is 19.3 Å². The molecule has 3 rings (SSSR count). The van der Waals surface area contributed by atoms with Crippen molar-refractivity contribution in [2.24, 2.45) is 0 Å². The molecule has 1 aromatic carbocycles. The summed E-state index contributed by atoms with van der Waals surface area (Å²) in [4.78, 5) is 18.6. The Morgan fingerprint density at radius 3 is 2.83 bits per heavy atom. The first-order chi connectivity index (χ1) is 8.74. The zero-order chi connectivity index (χ0) is 12.5. The quantitative estimate of drug-likeness (QED) is 0.800. The highest BCUT2D eigenvalue weighted by Crippen LogP contribution is 2.26. The van der Waals surface area contributed by atoms with Gasteiger partial charge in [0.15, 0.2) is 5.01 Å². The predicted molar refractivity (Wildman–Crippen MR) is 74.4 cm³/mol. The molecule has 0 saturated carbocycles. The van der Waals surface area contributed by atoms with Gasteiger partial charge in [0, 0.05) is 18.1 Å². The molecule has 1 saturated heterocycles. The molecule has 2 heterocycles. The number of nitrogens with zero attached hydrogens (tertiary/aromatic N) is 2. The van der Waals surface area contributed by atoms with E-state index in [0.29, 0.717) is 10.0 Å². The number of rotatable bonds is 1. The average molecular weight is 281 g/mol. The standard InChI is InChI=1S/C13H13ClN2OS/c14-9-4-5-11-10(8-9)15-12(18-11)13(17)16-6-2-1-3-7-16/h4-5,8H,1-3,6-7H2. The number of thiazole rings is 1. The Kier molecular flexibility index (Phi) is 3.22. The lowest BCUT2D eigenvalue weighted by Crippen LogP contribution is -2.35. The summed E-state index contributed by atoms with van der Waals surface area (Å²) in [6, 6.07) is 5.56. The normalized spacial score (nSPS) is 16.2. The van der Waals surface area contributed by atoms with Crippen molar-refractivity contribution >= 4 is 39.1 Å². The highest BCUT2D eigenvalue weighted by molar-refractivity contribution is 7.20.